The van der Waals surface area contributed by atoms with Gasteiger partial charge >= 0.3 is 8.56 Å². The lowest BCUT2D eigenvalue weighted by molar-refractivity contribution is 0.262. The maximum Gasteiger partial charge on any atom is 0.324 e. The maximum absolute atomic E-state index is 5.76. The predicted octanol–water partition coefficient (Wildman–Crippen LogP) is 2.75. The minimum atomic E-state index is -1.73. The van der Waals surface area contributed by atoms with Crippen molar-refractivity contribution in [3.63, 3.8) is 0 Å². The highest BCUT2D eigenvalue weighted by molar-refractivity contribution is 6.68. The Morgan fingerprint density at radius 3 is 2.13 bits per heavy atom. The molecule has 0 saturated heterocycles. The molecule has 0 bridgehead atoms. The summed E-state index contributed by atoms with van der Waals surface area (Å²) in [5, 5.41) is 0. The van der Waals surface area contributed by atoms with Crippen molar-refractivity contribution in [3.05, 3.63) is 0 Å². The van der Waals surface area contributed by atoms with Gasteiger partial charge in [0.25, 0.3) is 0 Å². The minimum absolute atomic E-state index is 0.806. The summed E-state index contributed by atoms with van der Waals surface area (Å²) in [6, 6.07) is 1.18. The van der Waals surface area contributed by atoms with E-state index in [0.717, 1.165) is 17.1 Å². The molecule has 0 fully saturated rings. The van der Waals surface area contributed by atoms with E-state index in [0.29, 0.717) is 0 Å². The van der Waals surface area contributed by atoms with E-state index >= 15 is 0 Å². The van der Waals surface area contributed by atoms with Gasteiger partial charge in [0.05, 0.1) is 0 Å². The van der Waals surface area contributed by atoms with Crippen LogP contribution in [0.25, 0.3) is 0 Å². The normalized spacial score (nSPS) is 15.4. The third-order valence-electron chi connectivity index (χ3n) is 2.87. The molecule has 4 heteroatoms. The first kappa shape index (κ1) is 15.4. The van der Waals surface area contributed by atoms with E-state index in [1.54, 1.807) is 0 Å². The highest BCUT2D eigenvalue weighted by atomic mass is 28.4. The Balaban J connectivity index is 3.46. The van der Waals surface area contributed by atoms with E-state index in [-0.39, 0.29) is 0 Å². The molecule has 0 rings (SSSR count). The summed E-state index contributed by atoms with van der Waals surface area (Å²) in [6.07, 6.45) is 8.12. The number of rotatable bonds is 10. The van der Waals surface area contributed by atoms with Gasteiger partial charge in [-0.2, -0.15) is 0 Å². The summed E-state index contributed by atoms with van der Waals surface area (Å²) < 4.78 is 11.4. The van der Waals surface area contributed by atoms with Gasteiger partial charge in [-0.15, -0.1) is 0 Å². The third kappa shape index (κ3) is 8.19. The lowest BCUT2D eigenvalue weighted by Crippen LogP contribution is -2.37. The largest absolute Gasteiger partial charge is 0.445 e. The molecule has 1 atom stereocenters. The summed E-state index contributed by atoms with van der Waals surface area (Å²) in [7, 11) is -0.912. The second kappa shape index (κ2) is 9.57. The Hall–Kier alpha value is 0.354. The van der Waals surface area contributed by atoms with Crippen LogP contribution in [0, 0.1) is 0 Å². The van der Waals surface area contributed by atoms with Gasteiger partial charge in [-0.25, -0.2) is 0 Å². The molecule has 0 heterocycles. The fraction of sp³-hybridized carbons (Fsp3) is 1.00. The second-order valence-electron chi connectivity index (χ2n) is 4.29. The first-order valence-corrected chi connectivity index (χ1v) is 9.71. The van der Waals surface area contributed by atoms with Crippen LogP contribution >= 0.6 is 0 Å². The van der Waals surface area contributed by atoms with Crippen molar-refractivity contribution in [2.24, 2.45) is 0 Å². The van der Waals surface area contributed by atoms with Crippen LogP contribution in [-0.2, 0) is 8.54 Å². The highest BCUT2D eigenvalue weighted by Gasteiger charge is 2.27. The van der Waals surface area contributed by atoms with Crippen molar-refractivity contribution in [1.29, 1.82) is 0 Å². The standard InChI is InChI=1S/C11H28O2Si2/c1-4-6-7-8-9-10-11-15(3,13-14)12-5-2/h4-11H2,1-3,14H3. The fourth-order valence-corrected chi connectivity index (χ4v) is 4.70. The molecular weight excluding hydrogens is 220 g/mol. The predicted molar refractivity (Wildman–Crippen MR) is 72.5 cm³/mol. The summed E-state index contributed by atoms with van der Waals surface area (Å²) in [4.78, 5) is 0. The van der Waals surface area contributed by atoms with Crippen molar-refractivity contribution in [1.82, 2.24) is 0 Å². The van der Waals surface area contributed by atoms with Gasteiger partial charge in [-0.1, -0.05) is 45.4 Å². The van der Waals surface area contributed by atoms with Crippen molar-refractivity contribution >= 4 is 19.0 Å². The Labute approximate surface area is 99.5 Å². The van der Waals surface area contributed by atoms with E-state index in [9.17, 15) is 0 Å². The Kier molecular flexibility index (Phi) is 9.80. The molecule has 15 heavy (non-hydrogen) atoms. The van der Waals surface area contributed by atoms with Gasteiger partial charge in [0.2, 0.25) is 0 Å². The Morgan fingerprint density at radius 2 is 1.60 bits per heavy atom. The molecular formula is C11H28O2Si2. The molecule has 0 radical (unpaired) electrons. The van der Waals surface area contributed by atoms with Crippen LogP contribution in [0.4, 0.5) is 0 Å². The Bertz CT molecular complexity index is 145. The molecule has 0 aliphatic carbocycles. The topological polar surface area (TPSA) is 18.5 Å². The SMILES string of the molecule is CCCCCCCC[Si](C)(O[SiH3])OCC. The zero-order valence-corrected chi connectivity index (χ0v) is 14.0. The minimum Gasteiger partial charge on any atom is -0.445 e. The van der Waals surface area contributed by atoms with Crippen molar-refractivity contribution in [3.8, 4) is 0 Å². The van der Waals surface area contributed by atoms with E-state index in [2.05, 4.69) is 20.4 Å². The van der Waals surface area contributed by atoms with Crippen LogP contribution in [0.5, 0.6) is 0 Å². The van der Waals surface area contributed by atoms with E-state index in [4.69, 9.17) is 8.54 Å². The molecule has 2 nitrogen and oxygen atoms in total. The quantitative estimate of drug-likeness (QED) is 0.437. The van der Waals surface area contributed by atoms with E-state index < -0.39 is 8.56 Å². The van der Waals surface area contributed by atoms with E-state index in [1.807, 2.05) is 0 Å². The van der Waals surface area contributed by atoms with Crippen LogP contribution < -0.4 is 0 Å². The summed E-state index contributed by atoms with van der Waals surface area (Å²) in [5.74, 6) is 0. The molecule has 0 aromatic rings. The summed E-state index contributed by atoms with van der Waals surface area (Å²) in [6.45, 7) is 7.33. The maximum atomic E-state index is 5.76. The molecule has 0 aromatic heterocycles. The average molecular weight is 249 g/mol. The number of hydrogen-bond acceptors (Lipinski definition) is 2. The lowest BCUT2D eigenvalue weighted by atomic mass is 10.1. The van der Waals surface area contributed by atoms with Crippen LogP contribution in [0.1, 0.15) is 52.4 Å². The molecule has 0 N–H and O–H groups in total. The second-order valence-corrected chi connectivity index (χ2v) is 8.98. The van der Waals surface area contributed by atoms with Gasteiger partial charge in [-0.05, 0) is 19.5 Å². The zero-order chi connectivity index (χ0) is 11.6. The first-order valence-electron chi connectivity index (χ1n) is 6.37. The monoisotopic (exact) mass is 248 g/mol. The molecule has 0 spiro atoms. The average Bonchev–Trinajstić information content (AvgIpc) is 2.24. The van der Waals surface area contributed by atoms with E-state index in [1.165, 1.54) is 44.6 Å². The third-order valence-corrected chi connectivity index (χ3v) is 8.48. The van der Waals surface area contributed by atoms with Gasteiger partial charge in [0, 0.05) is 6.61 Å². The highest BCUT2D eigenvalue weighted by Crippen LogP contribution is 2.17. The Morgan fingerprint density at radius 1 is 1.00 bits per heavy atom. The van der Waals surface area contributed by atoms with Gasteiger partial charge in [0.1, 0.15) is 10.5 Å². The van der Waals surface area contributed by atoms with Gasteiger partial charge in [-0.3, -0.25) is 0 Å². The first-order chi connectivity index (χ1) is 7.18. The van der Waals surface area contributed by atoms with Crippen LogP contribution in [0.3, 0.4) is 0 Å². The number of hydrogen-bond donors (Lipinski definition) is 0. The molecule has 0 saturated carbocycles. The lowest BCUT2D eigenvalue weighted by Gasteiger charge is -2.24. The van der Waals surface area contributed by atoms with Crippen molar-refractivity contribution < 1.29 is 8.54 Å². The molecule has 0 aliphatic rings. The summed E-state index contributed by atoms with van der Waals surface area (Å²) >= 11 is 0. The zero-order valence-electron chi connectivity index (χ0n) is 11.0. The van der Waals surface area contributed by atoms with Crippen molar-refractivity contribution in [2.75, 3.05) is 6.61 Å². The molecule has 0 aliphatic heterocycles. The van der Waals surface area contributed by atoms with Crippen LogP contribution in [-0.4, -0.2) is 25.7 Å². The molecule has 0 amide bonds. The van der Waals surface area contributed by atoms with Gasteiger partial charge < -0.3 is 8.54 Å². The number of unbranched alkanes of at least 4 members (excludes halogenated alkanes) is 5. The van der Waals surface area contributed by atoms with Gasteiger partial charge in [0.15, 0.2) is 0 Å². The smallest absolute Gasteiger partial charge is 0.324 e. The fourth-order valence-electron chi connectivity index (χ4n) is 1.76. The molecule has 1 unspecified atom stereocenters. The molecule has 0 aromatic carbocycles. The summed E-state index contributed by atoms with van der Waals surface area (Å²) in [5.41, 5.74) is 0. The van der Waals surface area contributed by atoms with Crippen LogP contribution in [0.15, 0.2) is 0 Å². The van der Waals surface area contributed by atoms with Crippen molar-refractivity contribution in [2.45, 2.75) is 65.0 Å². The van der Waals surface area contributed by atoms with Crippen LogP contribution in [0.2, 0.25) is 12.6 Å². The molecule has 92 valence electrons.